The first-order valence-corrected chi connectivity index (χ1v) is 10.7. The minimum Gasteiger partial charge on any atom is -0.368 e. The summed E-state index contributed by atoms with van der Waals surface area (Å²) in [5.41, 5.74) is 10.4. The quantitative estimate of drug-likeness (QED) is 0.638. The lowest BCUT2D eigenvalue weighted by Crippen LogP contribution is -2.11. The van der Waals surface area contributed by atoms with Crippen molar-refractivity contribution in [1.82, 2.24) is 9.97 Å². The fourth-order valence-corrected chi connectivity index (χ4v) is 3.68. The summed E-state index contributed by atoms with van der Waals surface area (Å²) in [4.78, 5) is 8.78. The predicted octanol–water partition coefficient (Wildman–Crippen LogP) is 3.51. The molecule has 0 saturated carbocycles. The fraction of sp³-hybridized carbons (Fsp3) is 0.200. The van der Waals surface area contributed by atoms with Crippen LogP contribution in [-0.4, -0.2) is 18.4 Å². The van der Waals surface area contributed by atoms with Crippen LogP contribution in [-0.2, 0) is 22.9 Å². The number of aromatic nitrogens is 2. The average Bonchev–Trinajstić information content (AvgIpc) is 2.63. The molecular formula is C20H21ClN4O2S. The van der Waals surface area contributed by atoms with Gasteiger partial charge in [0.05, 0.1) is 10.6 Å². The molecule has 0 aliphatic rings. The molecule has 1 aromatic heterocycles. The maximum Gasteiger partial charge on any atom is 0.238 e. The average molecular weight is 417 g/mol. The van der Waals surface area contributed by atoms with Crippen molar-refractivity contribution in [2.75, 3.05) is 5.73 Å². The van der Waals surface area contributed by atoms with Crippen molar-refractivity contribution < 1.29 is 8.42 Å². The number of primary sulfonamides is 1. The molecule has 2 aromatic carbocycles. The maximum atomic E-state index is 11.3. The molecule has 0 amide bonds. The topological polar surface area (TPSA) is 112 Å². The molecule has 0 aliphatic heterocycles. The number of nitrogens with two attached hydrogens (primary N) is 2. The molecule has 0 aliphatic carbocycles. The van der Waals surface area contributed by atoms with Crippen LogP contribution in [0.25, 0.3) is 11.3 Å². The van der Waals surface area contributed by atoms with Gasteiger partial charge in [-0.25, -0.2) is 23.5 Å². The van der Waals surface area contributed by atoms with E-state index in [0.717, 1.165) is 47.3 Å². The van der Waals surface area contributed by atoms with Crippen molar-refractivity contribution in [3.8, 4) is 11.3 Å². The zero-order valence-electron chi connectivity index (χ0n) is 15.4. The second-order valence-corrected chi connectivity index (χ2v) is 8.53. The first kappa shape index (κ1) is 20.3. The Balaban J connectivity index is 1.71. The summed E-state index contributed by atoms with van der Waals surface area (Å²) in [5, 5.41) is 5.80. The van der Waals surface area contributed by atoms with Gasteiger partial charge >= 0.3 is 0 Å². The van der Waals surface area contributed by atoms with Gasteiger partial charge in [-0.3, -0.25) is 0 Å². The maximum absolute atomic E-state index is 11.3. The standard InChI is InChI=1S/C20H21ClN4O2S/c1-13-17(6-3-7-18(13)21)19-12-15(24-20(22)25-19)5-2-4-14-8-10-16(11-9-14)28(23,26)27/h3,6-12H,2,4-5H2,1H3,(H2,22,24,25)(H2,23,26,27). The van der Waals surface area contributed by atoms with Crippen LogP contribution in [0.1, 0.15) is 23.2 Å². The van der Waals surface area contributed by atoms with Crippen LogP contribution in [0.2, 0.25) is 5.02 Å². The Morgan fingerprint density at radius 2 is 1.75 bits per heavy atom. The molecule has 0 atom stereocenters. The third-order valence-corrected chi connectivity index (χ3v) is 5.83. The van der Waals surface area contributed by atoms with Crippen LogP contribution >= 0.6 is 11.6 Å². The van der Waals surface area contributed by atoms with Crippen molar-refractivity contribution >= 4 is 27.6 Å². The summed E-state index contributed by atoms with van der Waals surface area (Å²) in [5.74, 6) is 0.226. The molecule has 0 fully saturated rings. The molecule has 0 saturated heterocycles. The number of nitrogens with zero attached hydrogens (tertiary/aromatic N) is 2. The number of nitrogen functional groups attached to an aromatic ring is 1. The van der Waals surface area contributed by atoms with Gasteiger partial charge in [0.15, 0.2) is 0 Å². The highest BCUT2D eigenvalue weighted by atomic mass is 35.5. The highest BCUT2D eigenvalue weighted by Gasteiger charge is 2.10. The number of anilines is 1. The van der Waals surface area contributed by atoms with E-state index in [9.17, 15) is 8.42 Å². The number of hydrogen-bond donors (Lipinski definition) is 2. The van der Waals surface area contributed by atoms with Crippen molar-refractivity contribution in [3.63, 3.8) is 0 Å². The smallest absolute Gasteiger partial charge is 0.238 e. The zero-order chi connectivity index (χ0) is 20.3. The SMILES string of the molecule is Cc1c(Cl)cccc1-c1cc(CCCc2ccc(S(N)(=O)=O)cc2)nc(N)n1. The Morgan fingerprint density at radius 1 is 1.04 bits per heavy atom. The van der Waals surface area contributed by atoms with E-state index in [1.165, 1.54) is 12.1 Å². The monoisotopic (exact) mass is 416 g/mol. The summed E-state index contributed by atoms with van der Waals surface area (Å²) < 4.78 is 22.6. The van der Waals surface area contributed by atoms with Crippen molar-refractivity contribution in [1.29, 1.82) is 0 Å². The molecule has 3 aromatic rings. The third kappa shape index (κ3) is 4.86. The van der Waals surface area contributed by atoms with Gasteiger partial charge in [0.25, 0.3) is 0 Å². The van der Waals surface area contributed by atoms with Gasteiger partial charge in [-0.1, -0.05) is 35.9 Å². The summed E-state index contributed by atoms with van der Waals surface area (Å²) >= 11 is 6.21. The van der Waals surface area contributed by atoms with E-state index in [1.807, 2.05) is 31.2 Å². The van der Waals surface area contributed by atoms with Gasteiger partial charge in [0, 0.05) is 16.3 Å². The van der Waals surface area contributed by atoms with Gasteiger partial charge in [0.1, 0.15) is 0 Å². The van der Waals surface area contributed by atoms with Gasteiger partial charge < -0.3 is 5.73 Å². The van der Waals surface area contributed by atoms with Gasteiger partial charge in [-0.2, -0.15) is 0 Å². The summed E-state index contributed by atoms with van der Waals surface area (Å²) in [6.07, 6.45) is 2.33. The highest BCUT2D eigenvalue weighted by Crippen LogP contribution is 2.28. The molecule has 28 heavy (non-hydrogen) atoms. The predicted molar refractivity (Wildman–Crippen MR) is 111 cm³/mol. The third-order valence-electron chi connectivity index (χ3n) is 4.49. The molecule has 0 spiro atoms. The van der Waals surface area contributed by atoms with Crippen LogP contribution in [0.3, 0.4) is 0 Å². The van der Waals surface area contributed by atoms with E-state index in [-0.39, 0.29) is 10.8 Å². The van der Waals surface area contributed by atoms with Crippen LogP contribution < -0.4 is 10.9 Å². The second-order valence-electron chi connectivity index (χ2n) is 6.56. The van der Waals surface area contributed by atoms with Crippen LogP contribution in [0.5, 0.6) is 0 Å². The first-order valence-electron chi connectivity index (χ1n) is 8.75. The zero-order valence-corrected chi connectivity index (χ0v) is 17.0. The van der Waals surface area contributed by atoms with Crippen LogP contribution in [0.15, 0.2) is 53.4 Å². The Hall–Kier alpha value is -2.48. The van der Waals surface area contributed by atoms with E-state index >= 15 is 0 Å². The van der Waals surface area contributed by atoms with Crippen molar-refractivity contribution in [2.45, 2.75) is 31.1 Å². The van der Waals surface area contributed by atoms with Gasteiger partial charge in [0.2, 0.25) is 16.0 Å². The van der Waals surface area contributed by atoms with Gasteiger partial charge in [-0.15, -0.1) is 0 Å². The molecule has 4 N–H and O–H groups in total. The number of rotatable bonds is 6. The van der Waals surface area contributed by atoms with Crippen molar-refractivity contribution in [2.24, 2.45) is 5.14 Å². The molecule has 6 nitrogen and oxygen atoms in total. The Bertz CT molecular complexity index is 1100. The molecule has 8 heteroatoms. The van der Waals surface area contributed by atoms with E-state index in [4.69, 9.17) is 22.5 Å². The van der Waals surface area contributed by atoms with E-state index in [1.54, 1.807) is 12.1 Å². The minimum absolute atomic E-state index is 0.112. The number of halogens is 1. The molecule has 0 unspecified atom stereocenters. The normalized spacial score (nSPS) is 11.5. The Morgan fingerprint density at radius 3 is 2.43 bits per heavy atom. The summed E-state index contributed by atoms with van der Waals surface area (Å²) in [6, 6.07) is 14.2. The molecular weight excluding hydrogens is 396 g/mol. The lowest BCUT2D eigenvalue weighted by Gasteiger charge is -2.10. The van der Waals surface area contributed by atoms with Crippen LogP contribution in [0.4, 0.5) is 5.95 Å². The molecule has 0 bridgehead atoms. The Kier molecular flexibility index (Phi) is 5.98. The molecule has 0 radical (unpaired) electrons. The van der Waals surface area contributed by atoms with Gasteiger partial charge in [-0.05, 0) is 61.6 Å². The number of hydrogen-bond acceptors (Lipinski definition) is 5. The van der Waals surface area contributed by atoms with E-state index in [2.05, 4.69) is 9.97 Å². The largest absolute Gasteiger partial charge is 0.368 e. The molecule has 1 heterocycles. The summed E-state index contributed by atoms with van der Waals surface area (Å²) in [6.45, 7) is 1.95. The number of aryl methyl sites for hydroxylation is 2. The second kappa shape index (κ2) is 8.26. The molecule has 3 rings (SSSR count). The Labute approximate surface area is 169 Å². The first-order chi connectivity index (χ1) is 13.2. The lowest BCUT2D eigenvalue weighted by molar-refractivity contribution is 0.597. The number of benzene rings is 2. The van der Waals surface area contributed by atoms with E-state index in [0.29, 0.717) is 5.02 Å². The minimum atomic E-state index is -3.67. The highest BCUT2D eigenvalue weighted by molar-refractivity contribution is 7.89. The van der Waals surface area contributed by atoms with Crippen LogP contribution in [0, 0.1) is 6.92 Å². The molecule has 146 valence electrons. The summed E-state index contributed by atoms with van der Waals surface area (Å²) in [7, 11) is -3.67. The fourth-order valence-electron chi connectivity index (χ4n) is 2.99. The van der Waals surface area contributed by atoms with E-state index < -0.39 is 10.0 Å². The van der Waals surface area contributed by atoms with Crippen molar-refractivity contribution in [3.05, 3.63) is 70.4 Å². The number of sulfonamides is 1. The lowest BCUT2D eigenvalue weighted by atomic mass is 10.0.